The maximum absolute atomic E-state index is 12.6. The summed E-state index contributed by atoms with van der Waals surface area (Å²) in [4.78, 5) is 30.8. The predicted octanol–water partition coefficient (Wildman–Crippen LogP) is 2.19. The molecule has 0 saturated carbocycles. The van der Waals surface area contributed by atoms with Gasteiger partial charge in [-0.15, -0.1) is 0 Å². The molecule has 0 aliphatic heterocycles. The summed E-state index contributed by atoms with van der Waals surface area (Å²) in [6, 6.07) is 9.35. The van der Waals surface area contributed by atoms with Gasteiger partial charge in [-0.2, -0.15) is 0 Å². The van der Waals surface area contributed by atoms with Gasteiger partial charge in [0.05, 0.1) is 0 Å². The molecule has 0 unspecified atom stereocenters. The van der Waals surface area contributed by atoms with E-state index in [9.17, 15) is 4.79 Å². The minimum absolute atomic E-state index is 0.133. The highest BCUT2D eigenvalue weighted by atomic mass is 16.2. The Morgan fingerprint density at radius 3 is 2.65 bits per heavy atom. The van der Waals surface area contributed by atoms with Crippen molar-refractivity contribution in [2.75, 3.05) is 18.9 Å². The molecule has 3 aromatic heterocycles. The summed E-state index contributed by atoms with van der Waals surface area (Å²) < 4.78 is 0. The van der Waals surface area contributed by atoms with Crippen LogP contribution < -0.4 is 5.32 Å². The highest BCUT2D eigenvalue weighted by Gasteiger charge is 2.14. The topological polar surface area (TPSA) is 83.9 Å². The number of likely N-dealkylation sites (N-methyl/N-ethyl adjacent to an activating group) is 1. The number of nitrogens with one attached hydrogen (secondary N) is 1. The Bertz CT molecular complexity index is 841. The molecule has 0 aliphatic rings. The zero-order valence-corrected chi connectivity index (χ0v) is 14.5. The normalized spacial score (nSPS) is 10.3. The molecule has 0 fully saturated rings. The Kier molecular flexibility index (Phi) is 5.82. The molecule has 3 aromatic rings. The van der Waals surface area contributed by atoms with E-state index in [1.807, 2.05) is 24.3 Å². The van der Waals surface area contributed by atoms with Gasteiger partial charge in [0.2, 0.25) is 5.95 Å². The van der Waals surface area contributed by atoms with E-state index in [2.05, 4.69) is 25.3 Å². The van der Waals surface area contributed by atoms with Gasteiger partial charge >= 0.3 is 0 Å². The van der Waals surface area contributed by atoms with E-state index in [0.29, 0.717) is 24.7 Å². The second kappa shape index (κ2) is 8.66. The molecule has 7 heteroatoms. The number of aromatic nitrogens is 4. The summed E-state index contributed by atoms with van der Waals surface area (Å²) in [7, 11) is 1.77. The number of pyridine rings is 2. The van der Waals surface area contributed by atoms with Gasteiger partial charge in [0.15, 0.2) is 0 Å². The van der Waals surface area contributed by atoms with Gasteiger partial charge in [0, 0.05) is 51.1 Å². The van der Waals surface area contributed by atoms with Crippen molar-refractivity contribution >= 4 is 11.9 Å². The summed E-state index contributed by atoms with van der Waals surface area (Å²) >= 11 is 0. The molecule has 0 aromatic carbocycles. The van der Waals surface area contributed by atoms with E-state index < -0.39 is 0 Å². The van der Waals surface area contributed by atoms with Crippen LogP contribution in [-0.2, 0) is 13.0 Å². The van der Waals surface area contributed by atoms with Gasteiger partial charge in [0.25, 0.3) is 5.91 Å². The SMILES string of the molecule is CN(CCc1ccncc1)C(=O)c1ccnc(NCc2cccnc2)n1. The quantitative estimate of drug-likeness (QED) is 0.705. The zero-order valence-electron chi connectivity index (χ0n) is 14.5. The first-order valence-corrected chi connectivity index (χ1v) is 8.32. The van der Waals surface area contributed by atoms with E-state index in [4.69, 9.17) is 0 Å². The van der Waals surface area contributed by atoms with Crippen molar-refractivity contribution in [2.24, 2.45) is 0 Å². The van der Waals surface area contributed by atoms with Crippen LogP contribution in [0.5, 0.6) is 0 Å². The molecular weight excluding hydrogens is 328 g/mol. The van der Waals surface area contributed by atoms with E-state index in [0.717, 1.165) is 17.5 Å². The van der Waals surface area contributed by atoms with Crippen molar-refractivity contribution in [1.29, 1.82) is 0 Å². The third kappa shape index (κ3) is 4.83. The van der Waals surface area contributed by atoms with Gasteiger partial charge in [-0.3, -0.25) is 14.8 Å². The van der Waals surface area contributed by atoms with Gasteiger partial charge < -0.3 is 10.2 Å². The first kappa shape index (κ1) is 17.5. The number of amides is 1. The third-order valence-corrected chi connectivity index (χ3v) is 3.88. The Labute approximate surface area is 152 Å². The molecule has 0 saturated heterocycles. The Hall–Kier alpha value is -3.35. The van der Waals surface area contributed by atoms with Gasteiger partial charge in [-0.1, -0.05) is 6.07 Å². The van der Waals surface area contributed by atoms with Crippen LogP contribution in [0.15, 0.2) is 61.3 Å². The molecule has 3 rings (SSSR count). The van der Waals surface area contributed by atoms with Crippen LogP contribution in [0.3, 0.4) is 0 Å². The fraction of sp³-hybridized carbons (Fsp3) is 0.211. The average molecular weight is 348 g/mol. The summed E-state index contributed by atoms with van der Waals surface area (Å²) in [5.74, 6) is 0.285. The van der Waals surface area contributed by atoms with Crippen molar-refractivity contribution < 1.29 is 4.79 Å². The van der Waals surface area contributed by atoms with Crippen LogP contribution in [0.2, 0.25) is 0 Å². The summed E-state index contributed by atoms with van der Waals surface area (Å²) in [5.41, 5.74) is 2.52. The monoisotopic (exact) mass is 348 g/mol. The fourth-order valence-corrected chi connectivity index (χ4v) is 2.39. The van der Waals surface area contributed by atoms with Crippen molar-refractivity contribution in [1.82, 2.24) is 24.8 Å². The highest BCUT2D eigenvalue weighted by molar-refractivity contribution is 5.92. The molecule has 0 radical (unpaired) electrons. The molecule has 1 N–H and O–H groups in total. The first-order valence-electron chi connectivity index (χ1n) is 8.32. The van der Waals surface area contributed by atoms with Crippen LogP contribution in [0.25, 0.3) is 0 Å². The molecule has 7 nitrogen and oxygen atoms in total. The Morgan fingerprint density at radius 2 is 1.88 bits per heavy atom. The number of nitrogens with zero attached hydrogens (tertiary/aromatic N) is 5. The molecule has 26 heavy (non-hydrogen) atoms. The second-order valence-corrected chi connectivity index (χ2v) is 5.81. The lowest BCUT2D eigenvalue weighted by atomic mass is 10.2. The van der Waals surface area contributed by atoms with E-state index in [1.54, 1.807) is 49.0 Å². The number of hydrogen-bond acceptors (Lipinski definition) is 6. The first-order chi connectivity index (χ1) is 12.7. The lowest BCUT2D eigenvalue weighted by Crippen LogP contribution is -2.29. The Morgan fingerprint density at radius 1 is 1.04 bits per heavy atom. The van der Waals surface area contributed by atoms with Crippen LogP contribution in [0.4, 0.5) is 5.95 Å². The molecule has 1 amide bonds. The minimum atomic E-state index is -0.133. The van der Waals surface area contributed by atoms with Crippen molar-refractivity contribution in [2.45, 2.75) is 13.0 Å². The van der Waals surface area contributed by atoms with Gasteiger partial charge in [-0.25, -0.2) is 9.97 Å². The minimum Gasteiger partial charge on any atom is -0.350 e. The smallest absolute Gasteiger partial charge is 0.272 e. The lowest BCUT2D eigenvalue weighted by Gasteiger charge is -2.17. The standard InChI is InChI=1S/C19H20N6O/c1-25(12-7-15-4-9-20-10-5-15)18(26)17-6-11-22-19(24-17)23-14-16-3-2-8-21-13-16/h2-6,8-11,13H,7,12,14H2,1H3,(H,22,23,24). The third-order valence-electron chi connectivity index (χ3n) is 3.88. The van der Waals surface area contributed by atoms with Gasteiger partial charge in [-0.05, 0) is 41.8 Å². The number of anilines is 1. The molecule has 0 spiro atoms. The maximum atomic E-state index is 12.6. The van der Waals surface area contributed by atoms with Crippen LogP contribution in [0, 0.1) is 0 Å². The Balaban J connectivity index is 1.58. The predicted molar refractivity (Wildman–Crippen MR) is 98.5 cm³/mol. The number of rotatable bonds is 7. The van der Waals surface area contributed by atoms with Crippen molar-refractivity contribution in [3.63, 3.8) is 0 Å². The van der Waals surface area contributed by atoms with Crippen molar-refractivity contribution in [3.05, 3.63) is 78.1 Å². The molecule has 132 valence electrons. The summed E-state index contributed by atoms with van der Waals surface area (Å²) in [5, 5.41) is 3.11. The molecule has 0 aliphatic carbocycles. The molecule has 0 atom stereocenters. The number of hydrogen-bond donors (Lipinski definition) is 1. The molecule has 3 heterocycles. The zero-order chi connectivity index (χ0) is 18.2. The highest BCUT2D eigenvalue weighted by Crippen LogP contribution is 2.07. The van der Waals surface area contributed by atoms with Crippen LogP contribution in [-0.4, -0.2) is 44.3 Å². The second-order valence-electron chi connectivity index (χ2n) is 5.81. The lowest BCUT2D eigenvalue weighted by molar-refractivity contribution is 0.0791. The number of carbonyl (C=O) groups is 1. The largest absolute Gasteiger partial charge is 0.350 e. The van der Waals surface area contributed by atoms with Gasteiger partial charge in [0.1, 0.15) is 5.69 Å². The molecular formula is C19H20N6O. The summed E-state index contributed by atoms with van der Waals surface area (Å²) in [6.45, 7) is 1.15. The van der Waals surface area contributed by atoms with E-state index in [-0.39, 0.29) is 5.91 Å². The van der Waals surface area contributed by atoms with Crippen LogP contribution in [0.1, 0.15) is 21.6 Å². The van der Waals surface area contributed by atoms with E-state index in [1.165, 1.54) is 0 Å². The average Bonchev–Trinajstić information content (AvgIpc) is 2.71. The molecule has 0 bridgehead atoms. The van der Waals surface area contributed by atoms with E-state index >= 15 is 0 Å². The number of carbonyl (C=O) groups excluding carboxylic acids is 1. The summed E-state index contributed by atoms with van der Waals surface area (Å²) in [6.07, 6.45) is 9.35. The van der Waals surface area contributed by atoms with Crippen LogP contribution >= 0.6 is 0 Å². The fourth-order valence-electron chi connectivity index (χ4n) is 2.39. The van der Waals surface area contributed by atoms with Crippen molar-refractivity contribution in [3.8, 4) is 0 Å². The maximum Gasteiger partial charge on any atom is 0.272 e.